The molecule has 0 aromatic heterocycles. The van der Waals surface area contributed by atoms with Crippen LogP contribution < -0.4 is 10.1 Å². The highest BCUT2D eigenvalue weighted by molar-refractivity contribution is 6.30. The summed E-state index contributed by atoms with van der Waals surface area (Å²) in [5.41, 5.74) is 6.77. The zero-order valence-corrected chi connectivity index (χ0v) is 24.6. The molecule has 0 saturated carbocycles. The maximum absolute atomic E-state index is 14.2. The first-order chi connectivity index (χ1) is 20.2. The zero-order valence-electron chi connectivity index (χ0n) is 23.1. The molecule has 0 aliphatic carbocycles. The van der Waals surface area contributed by atoms with E-state index >= 15 is 0 Å². The average Bonchev–Trinajstić information content (AvgIpc) is 3.39. The van der Waals surface area contributed by atoms with Gasteiger partial charge in [0.15, 0.2) is 0 Å². The van der Waals surface area contributed by atoms with Crippen molar-refractivity contribution in [2.24, 2.45) is 4.99 Å². The third-order valence-corrected chi connectivity index (χ3v) is 7.44. The second kappa shape index (κ2) is 13.8. The first-order valence-electron chi connectivity index (χ1n) is 13.4. The highest BCUT2D eigenvalue weighted by atomic mass is 35.5. The Hall–Kier alpha value is -3.31. The van der Waals surface area contributed by atoms with Gasteiger partial charge in [0.25, 0.3) is 0 Å². The van der Waals surface area contributed by atoms with E-state index < -0.39 is 23.8 Å². The lowest BCUT2D eigenvalue weighted by Gasteiger charge is -2.36. The number of piperazine rings is 1. The van der Waals surface area contributed by atoms with Gasteiger partial charge in [-0.05, 0) is 60.5 Å². The minimum atomic E-state index is -4.56. The van der Waals surface area contributed by atoms with Gasteiger partial charge in [-0.3, -0.25) is 9.89 Å². The number of hydrogen-bond donors (Lipinski definition) is 1. The maximum atomic E-state index is 14.2. The van der Waals surface area contributed by atoms with Gasteiger partial charge in [-0.15, -0.1) is 0 Å². The molecule has 3 aromatic carbocycles. The van der Waals surface area contributed by atoms with Crippen LogP contribution in [-0.4, -0.2) is 61.5 Å². The van der Waals surface area contributed by atoms with E-state index in [1.165, 1.54) is 13.1 Å². The number of nitrogens with one attached hydrogen (secondary N) is 2. The standard InChI is InChI=1S/C29H27Cl2F3N4O2.CH4N/c1-2-40-24-17-20(29(32,33)34)7-12-23(24)27-36-25(18-3-8-21(30)9-4-18)26(19-5-10-22(31)11-6-19)38(27)28(39)37-15-13-35-14-16-37;1-2/h3-12,17,25-26,35H,2,13-16H2,1H3;2H,1H3/q;-1. The van der Waals surface area contributed by atoms with E-state index in [1.54, 1.807) is 41.0 Å². The van der Waals surface area contributed by atoms with Gasteiger partial charge in [-0.1, -0.05) is 47.5 Å². The first kappa shape index (κ1) is 31.6. The summed E-state index contributed by atoms with van der Waals surface area (Å²) in [6, 6.07) is 16.1. The lowest BCUT2D eigenvalue weighted by molar-refractivity contribution is -0.137. The molecular formula is C30H31Cl2F3N5O2-. The van der Waals surface area contributed by atoms with Crippen molar-refractivity contribution in [3.05, 3.63) is 105 Å². The predicted octanol–water partition coefficient (Wildman–Crippen LogP) is 7.65. The maximum Gasteiger partial charge on any atom is 0.416 e. The van der Waals surface area contributed by atoms with Crippen LogP contribution in [0, 0.1) is 0 Å². The smallest absolute Gasteiger partial charge is 0.416 e. The van der Waals surface area contributed by atoms with E-state index in [9.17, 15) is 18.0 Å². The number of carbonyl (C=O) groups excluding carboxylic acids is 1. The Balaban J connectivity index is 0.00000198. The highest BCUT2D eigenvalue weighted by Gasteiger charge is 2.45. The SMILES string of the molecule is CCOc1cc(C(F)(F)F)ccc1C1=NC(c2ccc(Cl)cc2)C(c2ccc(Cl)cc2)N1C(=O)N1CCNCC1.C[NH-]. The van der Waals surface area contributed by atoms with Crippen molar-refractivity contribution >= 4 is 35.1 Å². The van der Waals surface area contributed by atoms with Crippen molar-refractivity contribution in [3.63, 3.8) is 0 Å². The molecule has 3 aromatic rings. The van der Waals surface area contributed by atoms with Crippen LogP contribution in [0.1, 0.15) is 41.3 Å². The molecule has 224 valence electrons. The number of alkyl halides is 3. The van der Waals surface area contributed by atoms with Crippen LogP contribution in [-0.2, 0) is 6.18 Å². The largest absolute Gasteiger partial charge is 0.680 e. The van der Waals surface area contributed by atoms with E-state index in [0.717, 1.165) is 23.3 Å². The Morgan fingerprint density at radius 1 is 0.976 bits per heavy atom. The molecule has 12 heteroatoms. The van der Waals surface area contributed by atoms with Crippen molar-refractivity contribution in [1.82, 2.24) is 15.1 Å². The molecule has 2 N–H and O–H groups in total. The van der Waals surface area contributed by atoms with Gasteiger partial charge in [0.05, 0.1) is 23.8 Å². The minimum Gasteiger partial charge on any atom is -0.680 e. The number of urea groups is 1. The quantitative estimate of drug-likeness (QED) is 0.318. The average molecular weight is 622 g/mol. The molecule has 2 amide bonds. The van der Waals surface area contributed by atoms with Crippen molar-refractivity contribution in [2.75, 3.05) is 39.8 Å². The van der Waals surface area contributed by atoms with E-state index in [-0.39, 0.29) is 24.2 Å². The molecule has 0 radical (unpaired) electrons. The Bertz CT molecular complexity index is 1400. The molecule has 42 heavy (non-hydrogen) atoms. The molecule has 2 aliphatic rings. The van der Waals surface area contributed by atoms with E-state index in [4.69, 9.17) is 38.7 Å². The summed E-state index contributed by atoms with van der Waals surface area (Å²) in [7, 11) is 1.25. The molecule has 1 fully saturated rings. The molecule has 0 spiro atoms. The summed E-state index contributed by atoms with van der Waals surface area (Å²) in [5, 5.41) is 4.32. The van der Waals surface area contributed by atoms with Gasteiger partial charge < -0.3 is 20.7 Å². The van der Waals surface area contributed by atoms with Gasteiger partial charge in [0, 0.05) is 36.2 Å². The fourth-order valence-electron chi connectivity index (χ4n) is 5.02. The fraction of sp³-hybridized carbons (Fsp3) is 0.333. The fourth-order valence-corrected chi connectivity index (χ4v) is 5.27. The lowest BCUT2D eigenvalue weighted by atomic mass is 9.93. The number of amidine groups is 1. The van der Waals surface area contributed by atoms with Crippen molar-refractivity contribution in [2.45, 2.75) is 25.2 Å². The lowest BCUT2D eigenvalue weighted by Crippen LogP contribution is -2.53. The molecular weight excluding hydrogens is 590 g/mol. The third kappa shape index (κ3) is 6.83. The van der Waals surface area contributed by atoms with Gasteiger partial charge >= 0.3 is 12.2 Å². The second-order valence-electron chi connectivity index (χ2n) is 9.48. The Morgan fingerprint density at radius 3 is 2.10 bits per heavy atom. The molecule has 2 heterocycles. The number of hydrogen-bond acceptors (Lipinski definition) is 4. The van der Waals surface area contributed by atoms with Crippen LogP contribution in [0.15, 0.2) is 71.7 Å². The van der Waals surface area contributed by atoms with Crippen LogP contribution in [0.5, 0.6) is 5.75 Å². The van der Waals surface area contributed by atoms with Crippen molar-refractivity contribution < 1.29 is 22.7 Å². The van der Waals surface area contributed by atoms with E-state index in [1.807, 2.05) is 24.3 Å². The molecule has 5 rings (SSSR count). The number of halogens is 5. The Kier molecular flexibility index (Phi) is 10.4. The number of carbonyl (C=O) groups is 1. The second-order valence-corrected chi connectivity index (χ2v) is 10.3. The first-order valence-corrected chi connectivity index (χ1v) is 14.1. The summed E-state index contributed by atoms with van der Waals surface area (Å²) in [5.74, 6) is 0.237. The Morgan fingerprint density at radius 2 is 1.55 bits per heavy atom. The highest BCUT2D eigenvalue weighted by Crippen LogP contribution is 2.46. The van der Waals surface area contributed by atoms with Crippen LogP contribution in [0.25, 0.3) is 5.73 Å². The molecule has 2 atom stereocenters. The molecule has 2 aliphatic heterocycles. The number of aliphatic imine (C=N–C) groups is 1. The van der Waals surface area contributed by atoms with E-state index in [2.05, 4.69) is 5.32 Å². The van der Waals surface area contributed by atoms with Crippen molar-refractivity contribution in [3.8, 4) is 5.75 Å². The van der Waals surface area contributed by atoms with E-state index in [0.29, 0.717) is 41.8 Å². The molecule has 7 nitrogen and oxygen atoms in total. The summed E-state index contributed by atoms with van der Waals surface area (Å²) >= 11 is 12.4. The third-order valence-electron chi connectivity index (χ3n) is 6.93. The van der Waals surface area contributed by atoms with Crippen LogP contribution in [0.4, 0.5) is 18.0 Å². The van der Waals surface area contributed by atoms with Gasteiger partial charge in [-0.2, -0.15) is 20.2 Å². The summed E-state index contributed by atoms with van der Waals surface area (Å²) in [4.78, 5) is 22.6. The van der Waals surface area contributed by atoms with Crippen molar-refractivity contribution in [1.29, 1.82) is 0 Å². The molecule has 1 saturated heterocycles. The predicted molar refractivity (Wildman–Crippen MR) is 159 cm³/mol. The number of benzene rings is 3. The minimum absolute atomic E-state index is 0.000739. The number of rotatable bonds is 5. The molecule has 2 unspecified atom stereocenters. The zero-order chi connectivity index (χ0) is 30.4. The topological polar surface area (TPSA) is 81.0 Å². The van der Waals surface area contributed by atoms with Crippen LogP contribution >= 0.6 is 23.2 Å². The summed E-state index contributed by atoms with van der Waals surface area (Å²) in [6.07, 6.45) is -4.56. The molecule has 0 bridgehead atoms. The van der Waals surface area contributed by atoms with Crippen LogP contribution in [0.3, 0.4) is 0 Å². The summed E-state index contributed by atoms with van der Waals surface area (Å²) < 4.78 is 46.5. The number of nitrogens with zero attached hydrogens (tertiary/aromatic N) is 3. The van der Waals surface area contributed by atoms with Gasteiger partial charge in [-0.25, -0.2) is 4.79 Å². The monoisotopic (exact) mass is 620 g/mol. The number of amides is 2. The van der Waals surface area contributed by atoms with Gasteiger partial charge in [0.2, 0.25) is 0 Å². The normalized spacial score (nSPS) is 18.7. The summed E-state index contributed by atoms with van der Waals surface area (Å²) in [6.45, 7) is 4.04. The number of ether oxygens (including phenoxy) is 1. The van der Waals surface area contributed by atoms with Gasteiger partial charge in [0.1, 0.15) is 17.6 Å². The van der Waals surface area contributed by atoms with Crippen LogP contribution in [0.2, 0.25) is 10.0 Å². The Labute approximate surface area is 253 Å².